The van der Waals surface area contributed by atoms with Crippen LogP contribution in [0.1, 0.15) is 49.1 Å². The topological polar surface area (TPSA) is 17.0 Å². The molecule has 260 valence electrons. The molecule has 0 spiro atoms. The summed E-state index contributed by atoms with van der Waals surface area (Å²) < 4.78 is 2.54. The highest BCUT2D eigenvalue weighted by atomic mass is 15.0. The summed E-state index contributed by atoms with van der Waals surface area (Å²) in [5.74, 6) is 0.726. The van der Waals surface area contributed by atoms with E-state index in [-0.39, 0.29) is 5.41 Å². The van der Waals surface area contributed by atoms with Crippen molar-refractivity contribution in [1.29, 1.82) is 0 Å². The Hall–Kier alpha value is -6.38. The van der Waals surface area contributed by atoms with Crippen molar-refractivity contribution in [3.05, 3.63) is 198 Å². The molecule has 7 aromatic carbocycles. The van der Waals surface area contributed by atoms with Crippen LogP contribution in [0.4, 0.5) is 11.4 Å². The molecule has 2 aliphatic carbocycles. The smallest absolute Gasteiger partial charge is 0.0538 e. The van der Waals surface area contributed by atoms with E-state index < -0.39 is 0 Å². The van der Waals surface area contributed by atoms with E-state index in [1.165, 1.54) is 77.9 Å². The first-order valence-corrected chi connectivity index (χ1v) is 19.1. The van der Waals surface area contributed by atoms with E-state index in [0.717, 1.165) is 11.4 Å². The van der Waals surface area contributed by atoms with Gasteiger partial charge in [0.15, 0.2) is 0 Å². The molecule has 0 saturated carbocycles. The second kappa shape index (κ2) is 12.6. The van der Waals surface area contributed by atoms with Crippen LogP contribution in [0.3, 0.4) is 0 Å². The van der Waals surface area contributed by atoms with Gasteiger partial charge in [0.2, 0.25) is 0 Å². The molecular weight excluding hydrogens is 653 g/mol. The van der Waals surface area contributed by atoms with Crippen LogP contribution in [-0.2, 0) is 5.41 Å². The number of rotatable bonds is 6. The molecule has 2 unspecified atom stereocenters. The molecule has 8 aromatic rings. The highest BCUT2D eigenvalue weighted by molar-refractivity contribution is 6.03. The van der Waals surface area contributed by atoms with Gasteiger partial charge in [0.05, 0.1) is 5.52 Å². The molecule has 10 rings (SSSR count). The molecule has 1 N–H and O–H groups in total. The van der Waals surface area contributed by atoms with Gasteiger partial charge >= 0.3 is 0 Å². The summed E-state index contributed by atoms with van der Waals surface area (Å²) in [4.78, 5) is 0. The second-order valence-electron chi connectivity index (χ2n) is 15.5. The van der Waals surface area contributed by atoms with Crippen LogP contribution in [0.2, 0.25) is 0 Å². The first-order chi connectivity index (χ1) is 26.5. The fraction of sp³-hybridized carbons (Fsp3) is 0.115. The Bertz CT molecular complexity index is 2720. The maximum Gasteiger partial charge on any atom is 0.0538 e. The predicted octanol–water partition coefficient (Wildman–Crippen LogP) is 13.9. The summed E-state index contributed by atoms with van der Waals surface area (Å²) in [5.41, 5.74) is 18.9. The van der Waals surface area contributed by atoms with Gasteiger partial charge in [-0.05, 0) is 105 Å². The minimum atomic E-state index is 0.0369. The van der Waals surface area contributed by atoms with E-state index >= 15 is 0 Å². The molecular formula is C52H42N2. The van der Waals surface area contributed by atoms with Gasteiger partial charge in [0, 0.05) is 51.1 Å². The Balaban J connectivity index is 1.12. The Kier molecular flexibility index (Phi) is 7.56. The molecule has 2 atom stereocenters. The summed E-state index contributed by atoms with van der Waals surface area (Å²) in [6.07, 6.45) is 2.53. The van der Waals surface area contributed by atoms with Gasteiger partial charge in [-0.3, -0.25) is 0 Å². The van der Waals surface area contributed by atoms with Crippen molar-refractivity contribution >= 4 is 33.9 Å². The van der Waals surface area contributed by atoms with Gasteiger partial charge < -0.3 is 9.88 Å². The van der Waals surface area contributed by atoms with Crippen molar-refractivity contribution in [1.82, 2.24) is 4.57 Å². The van der Waals surface area contributed by atoms with Crippen molar-refractivity contribution in [2.24, 2.45) is 5.92 Å². The monoisotopic (exact) mass is 694 g/mol. The number of benzene rings is 7. The number of allylic oxidation sites excluding steroid dienone is 1. The molecule has 1 heterocycles. The number of hydrogen-bond acceptors (Lipinski definition) is 1. The molecule has 2 nitrogen and oxygen atoms in total. The van der Waals surface area contributed by atoms with E-state index in [1.54, 1.807) is 0 Å². The maximum absolute atomic E-state index is 3.78. The number of aromatic nitrogens is 1. The maximum atomic E-state index is 3.78. The number of hydrogen-bond donors (Lipinski definition) is 1. The summed E-state index contributed by atoms with van der Waals surface area (Å²) in [6, 6.07) is 64.0. The second-order valence-corrected chi connectivity index (χ2v) is 15.5. The SMILES string of the molecule is CC1c2c(c3cc(-c4ccc(Nc5cccc(-c6ccccc6)c5)c(-c5ccccc5)c4)ccc3n2-c2ccccc2)C=C2c3ccccc3C(C)(C)C21. The molecule has 54 heavy (non-hydrogen) atoms. The van der Waals surface area contributed by atoms with E-state index in [0.29, 0.717) is 11.8 Å². The fourth-order valence-corrected chi connectivity index (χ4v) is 9.62. The van der Waals surface area contributed by atoms with E-state index in [1.807, 2.05) is 0 Å². The molecule has 0 amide bonds. The summed E-state index contributed by atoms with van der Waals surface area (Å²) in [6.45, 7) is 7.33. The third-order valence-corrected chi connectivity index (χ3v) is 12.0. The largest absolute Gasteiger partial charge is 0.355 e. The first kappa shape index (κ1) is 32.3. The third kappa shape index (κ3) is 5.16. The van der Waals surface area contributed by atoms with Crippen molar-refractivity contribution < 1.29 is 0 Å². The average molecular weight is 695 g/mol. The van der Waals surface area contributed by atoms with Crippen LogP contribution in [-0.4, -0.2) is 4.57 Å². The van der Waals surface area contributed by atoms with Crippen molar-refractivity contribution in [3.8, 4) is 39.1 Å². The summed E-state index contributed by atoms with van der Waals surface area (Å²) >= 11 is 0. The van der Waals surface area contributed by atoms with Crippen LogP contribution in [0.5, 0.6) is 0 Å². The molecule has 0 bridgehead atoms. The van der Waals surface area contributed by atoms with E-state index in [2.05, 4.69) is 213 Å². The van der Waals surface area contributed by atoms with Crippen molar-refractivity contribution in [2.75, 3.05) is 5.32 Å². The van der Waals surface area contributed by atoms with Gasteiger partial charge in [0.1, 0.15) is 0 Å². The quantitative estimate of drug-likeness (QED) is 0.183. The van der Waals surface area contributed by atoms with Crippen LogP contribution in [0.25, 0.3) is 61.6 Å². The molecule has 0 radical (unpaired) electrons. The van der Waals surface area contributed by atoms with Gasteiger partial charge in [-0.25, -0.2) is 0 Å². The lowest BCUT2D eigenvalue weighted by atomic mass is 9.68. The lowest BCUT2D eigenvalue weighted by Gasteiger charge is -2.37. The zero-order valence-corrected chi connectivity index (χ0v) is 30.9. The highest BCUT2D eigenvalue weighted by Gasteiger charge is 2.48. The van der Waals surface area contributed by atoms with Gasteiger partial charge in [-0.15, -0.1) is 0 Å². The summed E-state index contributed by atoms with van der Waals surface area (Å²) in [7, 11) is 0. The van der Waals surface area contributed by atoms with Crippen LogP contribution in [0.15, 0.2) is 176 Å². The Morgan fingerprint density at radius 1 is 0.537 bits per heavy atom. The molecule has 0 fully saturated rings. The minimum absolute atomic E-state index is 0.0369. The lowest BCUT2D eigenvalue weighted by molar-refractivity contribution is 0.359. The normalized spacial score (nSPS) is 16.7. The highest BCUT2D eigenvalue weighted by Crippen LogP contribution is 2.59. The third-order valence-electron chi connectivity index (χ3n) is 12.0. The van der Waals surface area contributed by atoms with Crippen LogP contribution < -0.4 is 5.32 Å². The number of anilines is 2. The number of para-hydroxylation sites is 1. The summed E-state index contributed by atoms with van der Waals surface area (Å²) in [5, 5.41) is 5.08. The van der Waals surface area contributed by atoms with Crippen LogP contribution in [0, 0.1) is 5.92 Å². The van der Waals surface area contributed by atoms with Gasteiger partial charge in [-0.2, -0.15) is 0 Å². The molecule has 0 saturated heterocycles. The number of fused-ring (bicyclic) bond motifs is 6. The van der Waals surface area contributed by atoms with Crippen LogP contribution >= 0.6 is 0 Å². The molecule has 2 heteroatoms. The van der Waals surface area contributed by atoms with Gasteiger partial charge in [0.25, 0.3) is 0 Å². The average Bonchev–Trinajstić information content (AvgIpc) is 3.67. The zero-order valence-electron chi connectivity index (χ0n) is 30.9. The Morgan fingerprint density at radius 2 is 1.17 bits per heavy atom. The predicted molar refractivity (Wildman–Crippen MR) is 229 cm³/mol. The number of nitrogens with zero attached hydrogens (tertiary/aromatic N) is 1. The fourth-order valence-electron chi connectivity index (χ4n) is 9.62. The Labute approximate surface area is 318 Å². The number of nitrogens with one attached hydrogen (secondary N) is 1. The van der Waals surface area contributed by atoms with E-state index in [9.17, 15) is 0 Å². The first-order valence-electron chi connectivity index (χ1n) is 19.1. The van der Waals surface area contributed by atoms with E-state index in [4.69, 9.17) is 0 Å². The van der Waals surface area contributed by atoms with Gasteiger partial charge in [-0.1, -0.05) is 148 Å². The molecule has 2 aliphatic rings. The minimum Gasteiger partial charge on any atom is -0.355 e. The lowest BCUT2D eigenvalue weighted by Crippen LogP contribution is -2.30. The molecule has 0 aliphatic heterocycles. The molecule has 1 aromatic heterocycles. The van der Waals surface area contributed by atoms with Crippen molar-refractivity contribution in [2.45, 2.75) is 32.1 Å². The van der Waals surface area contributed by atoms with Crippen molar-refractivity contribution in [3.63, 3.8) is 0 Å². The Morgan fingerprint density at radius 3 is 1.94 bits per heavy atom. The standard InChI is InChI=1S/C52H42N2/c1-34-50-45(42-24-13-14-25-47(42)52(50,2)3)33-46-44-32-39(27-29-49(44)54(51(34)46)41-22-11-6-12-23-41)38-26-28-48(43(31-38)36-18-9-5-10-19-36)53-40-21-15-20-37(30-40)35-16-7-4-8-17-35/h4-34,50,53H,1-3H3. The zero-order chi connectivity index (χ0) is 36.4.